The normalized spacial score (nSPS) is 14.6. The molecule has 1 aliphatic rings. The number of rotatable bonds is 8. The van der Waals surface area contributed by atoms with E-state index >= 15 is 0 Å². The van der Waals surface area contributed by atoms with E-state index in [1.807, 2.05) is 53.4 Å². The fourth-order valence-corrected chi connectivity index (χ4v) is 3.24. The predicted octanol–water partition coefficient (Wildman–Crippen LogP) is 1.47. The molecule has 3 N–H and O–H groups in total. The van der Waals surface area contributed by atoms with Gasteiger partial charge >= 0.3 is 0 Å². The number of methoxy groups -OCH3 is 1. The Kier molecular flexibility index (Phi) is 7.85. The van der Waals surface area contributed by atoms with Gasteiger partial charge in [-0.1, -0.05) is 24.3 Å². The maximum absolute atomic E-state index is 12.3. The van der Waals surface area contributed by atoms with E-state index in [0.29, 0.717) is 19.6 Å². The van der Waals surface area contributed by atoms with Crippen molar-refractivity contribution in [3.63, 3.8) is 0 Å². The van der Waals surface area contributed by atoms with Crippen LogP contribution in [0, 0.1) is 0 Å². The van der Waals surface area contributed by atoms with Gasteiger partial charge in [-0.25, -0.2) is 0 Å². The van der Waals surface area contributed by atoms with Crippen LogP contribution in [-0.2, 0) is 20.9 Å². The molecule has 0 radical (unpaired) electrons. The quantitative estimate of drug-likeness (QED) is 0.544. The Balaban J connectivity index is 1.44. The first kappa shape index (κ1) is 22.9. The van der Waals surface area contributed by atoms with Crippen molar-refractivity contribution >= 4 is 29.5 Å². The second-order valence-corrected chi connectivity index (χ2v) is 7.49. The summed E-state index contributed by atoms with van der Waals surface area (Å²) in [4.78, 5) is 38.0. The number of anilines is 1. The molecule has 0 aliphatic carbocycles. The van der Waals surface area contributed by atoms with Gasteiger partial charge in [-0.2, -0.15) is 0 Å². The number of carbonyl (C=O) groups is 3. The Morgan fingerprint density at radius 3 is 2.53 bits per heavy atom. The van der Waals surface area contributed by atoms with Crippen LogP contribution in [0.1, 0.15) is 18.1 Å². The molecule has 8 nitrogen and oxygen atoms in total. The third-order valence-electron chi connectivity index (χ3n) is 5.10. The summed E-state index contributed by atoms with van der Waals surface area (Å²) in [6.07, 6.45) is 3.07. The van der Waals surface area contributed by atoms with E-state index in [1.54, 1.807) is 20.1 Å². The van der Waals surface area contributed by atoms with E-state index in [-0.39, 0.29) is 17.7 Å². The van der Waals surface area contributed by atoms with Gasteiger partial charge in [0.1, 0.15) is 11.8 Å². The first-order valence-electron chi connectivity index (χ1n) is 10.5. The van der Waals surface area contributed by atoms with Crippen molar-refractivity contribution in [2.24, 2.45) is 0 Å². The van der Waals surface area contributed by atoms with Gasteiger partial charge < -0.3 is 25.6 Å². The van der Waals surface area contributed by atoms with Crippen LogP contribution in [0.25, 0.3) is 6.08 Å². The average Bonchev–Trinajstić information content (AvgIpc) is 2.81. The Hall–Kier alpha value is -3.81. The molecular formula is C24H28N4O4. The molecule has 0 aromatic heterocycles. The molecule has 1 saturated heterocycles. The lowest BCUT2D eigenvalue weighted by Gasteiger charge is -2.28. The highest BCUT2D eigenvalue weighted by molar-refractivity contribution is 5.95. The number of carbonyl (C=O) groups excluding carboxylic acids is 3. The smallest absolute Gasteiger partial charge is 0.244 e. The zero-order valence-corrected chi connectivity index (χ0v) is 18.3. The monoisotopic (exact) mass is 436 g/mol. The second-order valence-electron chi connectivity index (χ2n) is 7.49. The summed E-state index contributed by atoms with van der Waals surface area (Å²) in [6, 6.07) is 14.3. The number of hydrogen-bond donors (Lipinski definition) is 3. The lowest BCUT2D eigenvalue weighted by molar-refractivity contribution is -0.126. The van der Waals surface area contributed by atoms with Crippen molar-refractivity contribution in [3.8, 4) is 5.75 Å². The van der Waals surface area contributed by atoms with Crippen LogP contribution in [-0.4, -0.2) is 50.5 Å². The fraction of sp³-hybridized carbons (Fsp3) is 0.292. The molecule has 0 spiro atoms. The summed E-state index contributed by atoms with van der Waals surface area (Å²) in [5.74, 6) is 0.138. The molecule has 0 bridgehead atoms. The molecule has 1 heterocycles. The molecule has 2 aromatic rings. The molecule has 2 aromatic carbocycles. The second kappa shape index (κ2) is 11.0. The van der Waals surface area contributed by atoms with Crippen molar-refractivity contribution in [1.29, 1.82) is 0 Å². The topological polar surface area (TPSA) is 99.8 Å². The number of nitrogens with zero attached hydrogens (tertiary/aromatic N) is 1. The molecule has 1 fully saturated rings. The molecule has 1 unspecified atom stereocenters. The highest BCUT2D eigenvalue weighted by atomic mass is 16.5. The Morgan fingerprint density at radius 2 is 1.88 bits per heavy atom. The van der Waals surface area contributed by atoms with E-state index in [2.05, 4.69) is 16.0 Å². The highest BCUT2D eigenvalue weighted by Gasteiger charge is 2.17. The van der Waals surface area contributed by atoms with Crippen LogP contribution in [0.4, 0.5) is 5.69 Å². The standard InChI is InChI=1S/C24H28N4O4/c1-17(27-22(29)12-7-18-5-10-21(32-2)11-6-18)24(31)26-15-19-3-8-20(9-4-19)28-14-13-25-23(30)16-28/h3-12,17H,13-16H2,1-2H3,(H,25,30)(H,26,31)(H,27,29)/b12-7+. The van der Waals surface area contributed by atoms with E-state index in [0.717, 1.165) is 29.1 Å². The average molecular weight is 437 g/mol. The number of amides is 3. The van der Waals surface area contributed by atoms with Crippen molar-refractivity contribution < 1.29 is 19.1 Å². The third kappa shape index (κ3) is 6.60. The van der Waals surface area contributed by atoms with Crippen LogP contribution < -0.4 is 25.6 Å². The van der Waals surface area contributed by atoms with E-state index in [4.69, 9.17) is 4.74 Å². The maximum Gasteiger partial charge on any atom is 0.244 e. The lowest BCUT2D eigenvalue weighted by Crippen LogP contribution is -2.47. The molecule has 32 heavy (non-hydrogen) atoms. The minimum Gasteiger partial charge on any atom is -0.497 e. The van der Waals surface area contributed by atoms with E-state index in [9.17, 15) is 14.4 Å². The summed E-state index contributed by atoms with van der Waals surface area (Å²) in [7, 11) is 1.59. The van der Waals surface area contributed by atoms with Gasteiger partial charge in [0.15, 0.2) is 0 Å². The van der Waals surface area contributed by atoms with Crippen LogP contribution in [0.2, 0.25) is 0 Å². The fourth-order valence-electron chi connectivity index (χ4n) is 3.24. The van der Waals surface area contributed by atoms with Gasteiger partial charge in [0, 0.05) is 31.4 Å². The van der Waals surface area contributed by atoms with Gasteiger partial charge in [-0.3, -0.25) is 14.4 Å². The lowest BCUT2D eigenvalue weighted by atomic mass is 10.1. The summed E-state index contributed by atoms with van der Waals surface area (Å²) in [5.41, 5.74) is 2.76. The molecule has 3 rings (SSSR count). The molecule has 1 atom stereocenters. The number of nitrogens with one attached hydrogen (secondary N) is 3. The van der Waals surface area contributed by atoms with E-state index in [1.165, 1.54) is 6.08 Å². The number of benzene rings is 2. The van der Waals surface area contributed by atoms with E-state index < -0.39 is 6.04 Å². The number of piperazine rings is 1. The van der Waals surface area contributed by atoms with Crippen LogP contribution in [0.3, 0.4) is 0 Å². The highest BCUT2D eigenvalue weighted by Crippen LogP contribution is 2.16. The molecule has 0 saturated carbocycles. The number of ether oxygens (including phenoxy) is 1. The first-order chi connectivity index (χ1) is 15.4. The Labute approximate surface area is 187 Å². The van der Waals surface area contributed by atoms with Crippen molar-refractivity contribution in [2.45, 2.75) is 19.5 Å². The third-order valence-corrected chi connectivity index (χ3v) is 5.10. The van der Waals surface area contributed by atoms with Crippen molar-refractivity contribution in [2.75, 3.05) is 31.6 Å². The predicted molar refractivity (Wildman–Crippen MR) is 123 cm³/mol. The van der Waals surface area contributed by atoms with Gasteiger partial charge in [0.05, 0.1) is 13.7 Å². The SMILES string of the molecule is COc1ccc(/C=C/C(=O)NC(C)C(=O)NCc2ccc(N3CCNC(=O)C3)cc2)cc1. The molecule has 8 heteroatoms. The first-order valence-corrected chi connectivity index (χ1v) is 10.5. The van der Waals surface area contributed by atoms with Crippen molar-refractivity contribution in [1.82, 2.24) is 16.0 Å². The molecule has 168 valence electrons. The minimum atomic E-state index is -0.672. The largest absolute Gasteiger partial charge is 0.497 e. The van der Waals surface area contributed by atoms with Gasteiger partial charge in [0.25, 0.3) is 0 Å². The molecule has 3 amide bonds. The Morgan fingerprint density at radius 1 is 1.16 bits per heavy atom. The maximum atomic E-state index is 12.3. The van der Waals surface area contributed by atoms with Crippen LogP contribution in [0.5, 0.6) is 5.75 Å². The minimum absolute atomic E-state index is 0.0162. The summed E-state index contributed by atoms with van der Waals surface area (Å²) in [6.45, 7) is 3.74. The number of hydrogen-bond acceptors (Lipinski definition) is 5. The molecular weight excluding hydrogens is 408 g/mol. The molecule has 1 aliphatic heterocycles. The van der Waals surface area contributed by atoms with Gasteiger partial charge in [0.2, 0.25) is 17.7 Å². The van der Waals surface area contributed by atoms with Crippen LogP contribution >= 0.6 is 0 Å². The summed E-state index contributed by atoms with van der Waals surface area (Å²) in [5, 5.41) is 8.29. The zero-order chi connectivity index (χ0) is 22.9. The van der Waals surface area contributed by atoms with Crippen molar-refractivity contribution in [3.05, 3.63) is 65.7 Å². The van der Waals surface area contributed by atoms with Gasteiger partial charge in [-0.05, 0) is 48.4 Å². The summed E-state index contributed by atoms with van der Waals surface area (Å²) < 4.78 is 5.10. The van der Waals surface area contributed by atoms with Gasteiger partial charge in [-0.15, -0.1) is 0 Å². The van der Waals surface area contributed by atoms with Crippen LogP contribution in [0.15, 0.2) is 54.6 Å². The summed E-state index contributed by atoms with van der Waals surface area (Å²) >= 11 is 0. The Bertz CT molecular complexity index is 970. The zero-order valence-electron chi connectivity index (χ0n) is 18.3.